The zero-order valence-electron chi connectivity index (χ0n) is 22.7. The SMILES string of the molecule is CN(C)CCNC(=O)c1ccc2c(C3CCCCC3)c(-c3ccccc3)n(CC(=O)N3CCOCC3)c2c1. The molecule has 0 atom stereocenters. The van der Waals surface area contributed by atoms with E-state index in [0.717, 1.165) is 41.5 Å². The minimum Gasteiger partial charge on any atom is -0.378 e. The number of nitrogens with zero attached hydrogens (tertiary/aromatic N) is 3. The van der Waals surface area contributed by atoms with E-state index in [1.165, 1.54) is 24.8 Å². The Labute approximate surface area is 225 Å². The Balaban J connectivity index is 1.62. The highest BCUT2D eigenvalue weighted by Crippen LogP contribution is 2.44. The zero-order valence-corrected chi connectivity index (χ0v) is 22.7. The fourth-order valence-corrected chi connectivity index (χ4v) is 5.94. The lowest BCUT2D eigenvalue weighted by Crippen LogP contribution is -2.42. The molecule has 1 saturated heterocycles. The number of carbonyl (C=O) groups is 2. The molecule has 2 amide bonds. The van der Waals surface area contributed by atoms with Crippen molar-refractivity contribution in [2.75, 3.05) is 53.5 Å². The lowest BCUT2D eigenvalue weighted by Gasteiger charge is -2.28. The second-order valence-electron chi connectivity index (χ2n) is 10.8. The second kappa shape index (κ2) is 12.1. The summed E-state index contributed by atoms with van der Waals surface area (Å²) < 4.78 is 7.67. The Morgan fingerprint density at radius 1 is 1.00 bits per heavy atom. The van der Waals surface area contributed by atoms with Crippen LogP contribution >= 0.6 is 0 Å². The molecule has 3 aromatic rings. The molecule has 1 saturated carbocycles. The van der Waals surface area contributed by atoms with Gasteiger partial charge in [0.1, 0.15) is 6.54 Å². The van der Waals surface area contributed by atoms with Crippen molar-refractivity contribution in [1.29, 1.82) is 0 Å². The highest BCUT2D eigenvalue weighted by Gasteiger charge is 2.28. The molecule has 0 bridgehead atoms. The Morgan fingerprint density at radius 2 is 1.74 bits per heavy atom. The van der Waals surface area contributed by atoms with Crippen LogP contribution < -0.4 is 5.32 Å². The molecule has 7 nitrogen and oxygen atoms in total. The minimum atomic E-state index is -0.0820. The largest absolute Gasteiger partial charge is 0.378 e. The maximum atomic E-state index is 13.6. The van der Waals surface area contributed by atoms with Gasteiger partial charge in [-0.3, -0.25) is 9.59 Å². The van der Waals surface area contributed by atoms with Crippen LogP contribution in [-0.4, -0.2) is 79.7 Å². The van der Waals surface area contributed by atoms with Crippen LogP contribution in [0.1, 0.15) is 53.9 Å². The smallest absolute Gasteiger partial charge is 0.251 e. The maximum Gasteiger partial charge on any atom is 0.251 e. The Hall–Kier alpha value is -3.16. The Morgan fingerprint density at radius 3 is 2.45 bits per heavy atom. The molecule has 7 heteroatoms. The van der Waals surface area contributed by atoms with Crippen molar-refractivity contribution in [3.8, 4) is 11.3 Å². The van der Waals surface area contributed by atoms with E-state index in [9.17, 15) is 9.59 Å². The third kappa shape index (κ3) is 5.79. The maximum absolute atomic E-state index is 13.6. The first-order valence-electron chi connectivity index (χ1n) is 14.0. The standard InChI is InChI=1S/C31H40N4O3/c1-33(2)16-15-32-31(37)25-13-14-26-27(21-25)35(22-28(36)34-17-19-38-20-18-34)30(24-11-7-4-8-12-24)29(26)23-9-5-3-6-10-23/h4,7-8,11-14,21,23H,3,5-6,9-10,15-20,22H2,1-2H3,(H,32,37). The molecule has 0 radical (unpaired) electrons. The number of morpholine rings is 1. The predicted octanol–water partition coefficient (Wildman–Crippen LogP) is 4.51. The van der Waals surface area contributed by atoms with Crippen molar-refractivity contribution >= 4 is 22.7 Å². The number of hydrogen-bond acceptors (Lipinski definition) is 4. The highest BCUT2D eigenvalue weighted by molar-refractivity contribution is 6.01. The van der Waals surface area contributed by atoms with Gasteiger partial charge in [-0.1, -0.05) is 55.7 Å². The average molecular weight is 517 g/mol. The van der Waals surface area contributed by atoms with Crippen molar-refractivity contribution in [2.24, 2.45) is 0 Å². The molecule has 1 N–H and O–H groups in total. The average Bonchev–Trinajstić information content (AvgIpc) is 3.27. The van der Waals surface area contributed by atoms with Gasteiger partial charge >= 0.3 is 0 Å². The number of hydrogen-bond donors (Lipinski definition) is 1. The van der Waals surface area contributed by atoms with Crippen LogP contribution in [0.4, 0.5) is 0 Å². The number of benzene rings is 2. The summed E-state index contributed by atoms with van der Waals surface area (Å²) >= 11 is 0. The normalized spacial score (nSPS) is 16.8. The number of amides is 2. The molecule has 0 spiro atoms. The first kappa shape index (κ1) is 26.4. The van der Waals surface area contributed by atoms with Crippen LogP contribution in [-0.2, 0) is 16.1 Å². The summed E-state index contributed by atoms with van der Waals surface area (Å²) in [6.07, 6.45) is 6.05. The first-order valence-corrected chi connectivity index (χ1v) is 14.0. The molecule has 1 aliphatic heterocycles. The lowest BCUT2D eigenvalue weighted by molar-refractivity contribution is -0.135. The van der Waals surface area contributed by atoms with Gasteiger partial charge < -0.3 is 24.4 Å². The van der Waals surface area contributed by atoms with Crippen LogP contribution in [0.3, 0.4) is 0 Å². The van der Waals surface area contributed by atoms with Crippen molar-refractivity contribution in [2.45, 2.75) is 44.6 Å². The van der Waals surface area contributed by atoms with Crippen LogP contribution in [0.5, 0.6) is 0 Å². The molecule has 2 aliphatic rings. The van der Waals surface area contributed by atoms with Crippen LogP contribution in [0.25, 0.3) is 22.2 Å². The summed E-state index contributed by atoms with van der Waals surface area (Å²) in [5.74, 6) is 0.459. The highest BCUT2D eigenvalue weighted by atomic mass is 16.5. The van der Waals surface area contributed by atoms with Gasteiger partial charge in [0.15, 0.2) is 0 Å². The fourth-order valence-electron chi connectivity index (χ4n) is 5.94. The van der Waals surface area contributed by atoms with Gasteiger partial charge in [0.25, 0.3) is 5.91 Å². The third-order valence-corrected chi connectivity index (χ3v) is 7.93. The van der Waals surface area contributed by atoms with E-state index in [2.05, 4.69) is 45.1 Å². The van der Waals surface area contributed by atoms with Crippen molar-refractivity contribution in [3.63, 3.8) is 0 Å². The molecular formula is C31H40N4O3. The molecule has 38 heavy (non-hydrogen) atoms. The van der Waals surface area contributed by atoms with Gasteiger partial charge in [-0.25, -0.2) is 0 Å². The van der Waals surface area contributed by atoms with Gasteiger partial charge in [0.05, 0.1) is 24.4 Å². The van der Waals surface area contributed by atoms with E-state index in [-0.39, 0.29) is 18.4 Å². The Kier molecular flexibility index (Phi) is 8.45. The molecule has 202 valence electrons. The molecular weight excluding hydrogens is 476 g/mol. The van der Waals surface area contributed by atoms with Gasteiger partial charge in [-0.05, 0) is 56.1 Å². The summed E-state index contributed by atoms with van der Waals surface area (Å²) in [4.78, 5) is 30.6. The fraction of sp³-hybridized carbons (Fsp3) is 0.484. The monoisotopic (exact) mass is 516 g/mol. The van der Waals surface area contributed by atoms with Gasteiger partial charge in [-0.2, -0.15) is 0 Å². The van der Waals surface area contributed by atoms with Crippen LogP contribution in [0.15, 0.2) is 48.5 Å². The van der Waals surface area contributed by atoms with E-state index < -0.39 is 0 Å². The molecule has 0 unspecified atom stereocenters. The van der Waals surface area contributed by atoms with Crippen LogP contribution in [0, 0.1) is 0 Å². The van der Waals surface area contributed by atoms with E-state index >= 15 is 0 Å². The quantitative estimate of drug-likeness (QED) is 0.479. The summed E-state index contributed by atoms with van der Waals surface area (Å²) in [5.41, 5.74) is 5.17. The number of rotatable bonds is 8. The molecule has 2 aromatic carbocycles. The third-order valence-electron chi connectivity index (χ3n) is 7.93. The summed E-state index contributed by atoms with van der Waals surface area (Å²) in [6, 6.07) is 16.5. The number of fused-ring (bicyclic) bond motifs is 1. The number of aromatic nitrogens is 1. The molecule has 2 heterocycles. The summed E-state index contributed by atoms with van der Waals surface area (Å²) in [5, 5.41) is 4.21. The van der Waals surface area contributed by atoms with Crippen molar-refractivity contribution in [3.05, 3.63) is 59.7 Å². The first-order chi connectivity index (χ1) is 18.5. The van der Waals surface area contributed by atoms with E-state index in [1.807, 2.05) is 37.2 Å². The topological polar surface area (TPSA) is 66.8 Å². The van der Waals surface area contributed by atoms with Crippen molar-refractivity contribution in [1.82, 2.24) is 19.7 Å². The predicted molar refractivity (Wildman–Crippen MR) is 151 cm³/mol. The number of ether oxygens (including phenoxy) is 1. The van der Waals surface area contributed by atoms with E-state index in [0.29, 0.717) is 44.3 Å². The van der Waals surface area contributed by atoms with Crippen LogP contribution in [0.2, 0.25) is 0 Å². The van der Waals surface area contributed by atoms with Gasteiger partial charge in [-0.15, -0.1) is 0 Å². The minimum absolute atomic E-state index is 0.0820. The van der Waals surface area contributed by atoms with Crippen molar-refractivity contribution < 1.29 is 14.3 Å². The molecule has 5 rings (SSSR count). The number of carbonyl (C=O) groups excluding carboxylic acids is 2. The molecule has 1 aromatic heterocycles. The van der Waals surface area contributed by atoms with Gasteiger partial charge in [0.2, 0.25) is 5.91 Å². The molecule has 2 fully saturated rings. The van der Waals surface area contributed by atoms with E-state index in [4.69, 9.17) is 4.74 Å². The number of likely N-dealkylation sites (N-methyl/N-ethyl adjacent to an activating group) is 1. The summed E-state index contributed by atoms with van der Waals surface area (Å²) in [6.45, 7) is 4.01. The van der Waals surface area contributed by atoms with Gasteiger partial charge in [0, 0.05) is 37.1 Å². The van der Waals surface area contributed by atoms with E-state index in [1.54, 1.807) is 0 Å². The zero-order chi connectivity index (χ0) is 26.5. The molecule has 1 aliphatic carbocycles. The summed E-state index contributed by atoms with van der Waals surface area (Å²) in [7, 11) is 3.99. The number of nitrogens with one attached hydrogen (secondary N) is 1. The lowest BCUT2D eigenvalue weighted by atomic mass is 9.82. The second-order valence-corrected chi connectivity index (χ2v) is 10.8. The Bertz CT molecular complexity index is 1260.